The first kappa shape index (κ1) is 8.73. The molecule has 0 amide bonds. The molecule has 2 nitrogen and oxygen atoms in total. The van der Waals surface area contributed by atoms with Gasteiger partial charge in [0.25, 0.3) is 0 Å². The van der Waals surface area contributed by atoms with Gasteiger partial charge in [0.15, 0.2) is 0 Å². The fraction of sp³-hybridized carbons (Fsp3) is 0.455. The highest BCUT2D eigenvalue weighted by atomic mass is 16.3. The summed E-state index contributed by atoms with van der Waals surface area (Å²) in [7, 11) is 0. The second kappa shape index (κ2) is 3.90. The van der Waals surface area contributed by atoms with Crippen molar-refractivity contribution >= 4 is 0 Å². The van der Waals surface area contributed by atoms with Gasteiger partial charge in [-0.2, -0.15) is 0 Å². The average Bonchev–Trinajstić information content (AvgIpc) is 2.71. The van der Waals surface area contributed by atoms with Crippen molar-refractivity contribution in [1.82, 2.24) is 5.32 Å². The Bertz CT molecular complexity index is 279. The summed E-state index contributed by atoms with van der Waals surface area (Å²) < 4.78 is 0. The number of hydrogen-bond donors (Lipinski definition) is 2. The standard InChI is InChI=1S/C11H15NO/c13-8-9-3-1-4-10(7-9)11-5-2-6-12-11/h1,3-4,7,11-13H,2,5-6,8H2. The number of rotatable bonds is 2. The zero-order chi connectivity index (χ0) is 9.10. The summed E-state index contributed by atoms with van der Waals surface area (Å²) in [5.74, 6) is 0. The van der Waals surface area contributed by atoms with Gasteiger partial charge < -0.3 is 10.4 Å². The number of nitrogens with one attached hydrogen (secondary N) is 1. The van der Waals surface area contributed by atoms with Crippen molar-refractivity contribution < 1.29 is 5.11 Å². The summed E-state index contributed by atoms with van der Waals surface area (Å²) in [5, 5.41) is 12.4. The van der Waals surface area contributed by atoms with Crippen LogP contribution in [0.25, 0.3) is 0 Å². The molecule has 0 spiro atoms. The Kier molecular flexibility index (Phi) is 2.62. The van der Waals surface area contributed by atoms with Crippen molar-refractivity contribution in [3.8, 4) is 0 Å². The van der Waals surface area contributed by atoms with Gasteiger partial charge in [-0.05, 0) is 30.5 Å². The highest BCUT2D eigenvalue weighted by Gasteiger charge is 2.15. The summed E-state index contributed by atoms with van der Waals surface area (Å²) in [5.41, 5.74) is 2.32. The van der Waals surface area contributed by atoms with Gasteiger partial charge in [0.1, 0.15) is 0 Å². The van der Waals surface area contributed by atoms with E-state index in [1.165, 1.54) is 18.4 Å². The molecule has 0 radical (unpaired) electrons. The lowest BCUT2D eigenvalue weighted by Gasteiger charge is -2.11. The molecule has 2 N–H and O–H groups in total. The normalized spacial score (nSPS) is 22.1. The Morgan fingerprint density at radius 1 is 1.46 bits per heavy atom. The Morgan fingerprint density at radius 2 is 2.38 bits per heavy atom. The summed E-state index contributed by atoms with van der Waals surface area (Å²) >= 11 is 0. The van der Waals surface area contributed by atoms with E-state index in [2.05, 4.69) is 17.4 Å². The van der Waals surface area contributed by atoms with E-state index in [0.717, 1.165) is 12.1 Å². The highest BCUT2D eigenvalue weighted by Crippen LogP contribution is 2.23. The SMILES string of the molecule is OCc1cccc(C2CCCN2)c1. The molecule has 0 bridgehead atoms. The molecule has 1 fully saturated rings. The maximum atomic E-state index is 8.98. The van der Waals surface area contributed by atoms with Crippen LogP contribution in [-0.4, -0.2) is 11.7 Å². The van der Waals surface area contributed by atoms with Crippen LogP contribution in [0.1, 0.15) is 30.0 Å². The van der Waals surface area contributed by atoms with Crippen molar-refractivity contribution in [3.05, 3.63) is 35.4 Å². The zero-order valence-corrected chi connectivity index (χ0v) is 7.66. The first-order valence-electron chi connectivity index (χ1n) is 4.83. The molecular weight excluding hydrogens is 162 g/mol. The molecule has 1 aliphatic heterocycles. The van der Waals surface area contributed by atoms with E-state index >= 15 is 0 Å². The van der Waals surface area contributed by atoms with Crippen molar-refractivity contribution in [2.24, 2.45) is 0 Å². The van der Waals surface area contributed by atoms with Gasteiger partial charge in [-0.15, -0.1) is 0 Å². The van der Waals surface area contributed by atoms with Crippen molar-refractivity contribution in [2.45, 2.75) is 25.5 Å². The van der Waals surface area contributed by atoms with Crippen LogP contribution in [0.5, 0.6) is 0 Å². The topological polar surface area (TPSA) is 32.3 Å². The molecule has 2 rings (SSSR count). The van der Waals surface area contributed by atoms with E-state index in [9.17, 15) is 0 Å². The Labute approximate surface area is 78.6 Å². The van der Waals surface area contributed by atoms with Crippen molar-refractivity contribution in [3.63, 3.8) is 0 Å². The summed E-state index contributed by atoms with van der Waals surface area (Å²) in [6.45, 7) is 1.26. The van der Waals surface area contributed by atoms with Gasteiger partial charge in [0.05, 0.1) is 6.61 Å². The predicted molar refractivity (Wildman–Crippen MR) is 52.3 cm³/mol. The molecule has 0 aromatic heterocycles. The van der Waals surface area contributed by atoms with E-state index in [-0.39, 0.29) is 6.61 Å². The third-order valence-corrected chi connectivity index (χ3v) is 2.60. The largest absolute Gasteiger partial charge is 0.392 e. The highest BCUT2D eigenvalue weighted by molar-refractivity contribution is 5.26. The van der Waals surface area contributed by atoms with E-state index < -0.39 is 0 Å². The lowest BCUT2D eigenvalue weighted by molar-refractivity contribution is 0.281. The van der Waals surface area contributed by atoms with Gasteiger partial charge in [0, 0.05) is 6.04 Å². The summed E-state index contributed by atoms with van der Waals surface area (Å²) in [4.78, 5) is 0. The second-order valence-electron chi connectivity index (χ2n) is 3.55. The van der Waals surface area contributed by atoms with Gasteiger partial charge in [-0.1, -0.05) is 24.3 Å². The van der Waals surface area contributed by atoms with Crippen LogP contribution < -0.4 is 5.32 Å². The molecule has 1 unspecified atom stereocenters. The molecule has 1 heterocycles. The Morgan fingerprint density at radius 3 is 3.08 bits per heavy atom. The van der Waals surface area contributed by atoms with E-state index in [4.69, 9.17) is 5.11 Å². The number of aliphatic hydroxyl groups is 1. The molecule has 1 aromatic carbocycles. The molecular formula is C11H15NO. The molecule has 1 aliphatic rings. The maximum Gasteiger partial charge on any atom is 0.0681 e. The minimum absolute atomic E-state index is 0.139. The van der Waals surface area contributed by atoms with Gasteiger partial charge >= 0.3 is 0 Å². The van der Waals surface area contributed by atoms with Crippen LogP contribution in [-0.2, 0) is 6.61 Å². The molecule has 13 heavy (non-hydrogen) atoms. The Balaban J connectivity index is 2.18. The van der Waals surface area contributed by atoms with Crippen LogP contribution in [0, 0.1) is 0 Å². The molecule has 0 aliphatic carbocycles. The first-order chi connectivity index (χ1) is 6.40. The lowest BCUT2D eigenvalue weighted by atomic mass is 10.0. The maximum absolute atomic E-state index is 8.98. The first-order valence-corrected chi connectivity index (χ1v) is 4.83. The quantitative estimate of drug-likeness (QED) is 0.719. The van der Waals surface area contributed by atoms with Crippen LogP contribution in [0.2, 0.25) is 0 Å². The molecule has 2 heteroatoms. The van der Waals surface area contributed by atoms with Gasteiger partial charge in [-0.25, -0.2) is 0 Å². The van der Waals surface area contributed by atoms with Crippen molar-refractivity contribution in [1.29, 1.82) is 0 Å². The molecule has 0 saturated carbocycles. The van der Waals surface area contributed by atoms with Crippen molar-refractivity contribution in [2.75, 3.05) is 6.54 Å². The van der Waals surface area contributed by atoms with Crippen LogP contribution in [0.4, 0.5) is 0 Å². The average molecular weight is 177 g/mol. The second-order valence-corrected chi connectivity index (χ2v) is 3.55. The number of benzene rings is 1. The van der Waals surface area contributed by atoms with Gasteiger partial charge in [-0.3, -0.25) is 0 Å². The molecule has 70 valence electrons. The van der Waals surface area contributed by atoms with E-state index in [0.29, 0.717) is 6.04 Å². The zero-order valence-electron chi connectivity index (χ0n) is 7.66. The van der Waals surface area contributed by atoms with Gasteiger partial charge in [0.2, 0.25) is 0 Å². The minimum Gasteiger partial charge on any atom is -0.392 e. The van der Waals surface area contributed by atoms with E-state index in [1.807, 2.05) is 12.1 Å². The third-order valence-electron chi connectivity index (χ3n) is 2.60. The number of hydrogen-bond acceptors (Lipinski definition) is 2. The lowest BCUT2D eigenvalue weighted by Crippen LogP contribution is -2.12. The fourth-order valence-electron chi connectivity index (χ4n) is 1.88. The molecule has 1 atom stereocenters. The minimum atomic E-state index is 0.139. The third kappa shape index (κ3) is 1.90. The fourth-order valence-corrected chi connectivity index (χ4v) is 1.88. The monoisotopic (exact) mass is 177 g/mol. The Hall–Kier alpha value is -0.860. The van der Waals surface area contributed by atoms with Crippen LogP contribution in [0.15, 0.2) is 24.3 Å². The van der Waals surface area contributed by atoms with E-state index in [1.54, 1.807) is 0 Å². The summed E-state index contributed by atoms with van der Waals surface area (Å²) in [6, 6.07) is 8.69. The smallest absolute Gasteiger partial charge is 0.0681 e. The molecule has 1 saturated heterocycles. The molecule has 1 aromatic rings. The van der Waals surface area contributed by atoms with Crippen LogP contribution >= 0.6 is 0 Å². The summed E-state index contributed by atoms with van der Waals surface area (Å²) in [6.07, 6.45) is 2.48. The van der Waals surface area contributed by atoms with Crippen LogP contribution in [0.3, 0.4) is 0 Å². The number of aliphatic hydroxyl groups excluding tert-OH is 1. The predicted octanol–water partition coefficient (Wildman–Crippen LogP) is 1.60.